The molecular weight excluding hydrogens is 430 g/mol. The quantitative estimate of drug-likeness (QED) is 0.495. The fourth-order valence-electron chi connectivity index (χ4n) is 4.86. The average molecular weight is 476 g/mol. The van der Waals surface area contributed by atoms with Crippen molar-refractivity contribution in [2.24, 2.45) is 5.92 Å². The molecule has 1 aromatic rings. The first kappa shape index (κ1) is 26.0. The van der Waals surface area contributed by atoms with Crippen molar-refractivity contribution >= 4 is 20.2 Å². The van der Waals surface area contributed by atoms with Gasteiger partial charge in [-0.2, -0.15) is 0 Å². The molecule has 1 saturated heterocycles. The Hall–Kier alpha value is -1.60. The van der Waals surface area contributed by atoms with Gasteiger partial charge in [-0.15, -0.1) is 0 Å². The van der Waals surface area contributed by atoms with Crippen LogP contribution >= 0.6 is 0 Å². The van der Waals surface area contributed by atoms with E-state index in [1.54, 1.807) is 0 Å². The van der Waals surface area contributed by atoms with Gasteiger partial charge >= 0.3 is 6.09 Å². The second-order valence-corrected chi connectivity index (χ2v) is 17.0. The Balaban J connectivity index is 1.77. The first-order valence-corrected chi connectivity index (χ1v) is 15.3. The van der Waals surface area contributed by atoms with Crippen LogP contribution < -0.4 is 4.90 Å². The Morgan fingerprint density at radius 2 is 1.85 bits per heavy atom. The molecule has 1 amide bonds. The van der Waals surface area contributed by atoms with Crippen LogP contribution in [0.3, 0.4) is 0 Å². The van der Waals surface area contributed by atoms with Crippen LogP contribution in [0.15, 0.2) is 6.07 Å². The highest BCUT2D eigenvalue weighted by Gasteiger charge is 2.44. The average Bonchev–Trinajstić information content (AvgIpc) is 3.04. The Morgan fingerprint density at radius 1 is 1.21 bits per heavy atom. The number of fused-ring (bicyclic) bond motifs is 3. The fraction of sp³-hybridized carbons (Fsp3) is 0.769. The van der Waals surface area contributed by atoms with Crippen molar-refractivity contribution in [1.82, 2.24) is 9.88 Å². The summed E-state index contributed by atoms with van der Waals surface area (Å²) in [6, 6.07) is 2.62. The molecule has 0 radical (unpaired) electrons. The SMILES string of the molecule is Cc1cc(CO[Si](C)(C)C(C)(C)C(C)C)nc2c1C[C@@H]1CN(C(=O)OC(C)(C)C)C[C@@H](C)N21. The van der Waals surface area contributed by atoms with E-state index in [9.17, 15) is 4.79 Å². The van der Waals surface area contributed by atoms with Gasteiger partial charge in [0.1, 0.15) is 11.4 Å². The van der Waals surface area contributed by atoms with Crippen molar-refractivity contribution in [3.63, 3.8) is 0 Å². The van der Waals surface area contributed by atoms with E-state index >= 15 is 0 Å². The predicted molar refractivity (Wildman–Crippen MR) is 137 cm³/mol. The minimum absolute atomic E-state index is 0.177. The van der Waals surface area contributed by atoms with Gasteiger partial charge in [0.2, 0.25) is 0 Å². The van der Waals surface area contributed by atoms with Crippen LogP contribution in [0.1, 0.15) is 72.2 Å². The summed E-state index contributed by atoms with van der Waals surface area (Å²) in [5, 5.41) is 0.177. The van der Waals surface area contributed by atoms with Gasteiger partial charge in [0.05, 0.1) is 18.3 Å². The number of hydrogen-bond donors (Lipinski definition) is 0. The highest BCUT2D eigenvalue weighted by atomic mass is 28.4. The molecule has 2 aliphatic rings. The maximum Gasteiger partial charge on any atom is 0.410 e. The summed E-state index contributed by atoms with van der Waals surface area (Å²) in [6.45, 7) is 25.9. The zero-order valence-electron chi connectivity index (χ0n) is 22.7. The lowest BCUT2D eigenvalue weighted by Gasteiger charge is -2.43. The number of anilines is 1. The molecule has 1 fully saturated rings. The molecule has 3 rings (SSSR count). The summed E-state index contributed by atoms with van der Waals surface area (Å²) < 4.78 is 12.2. The summed E-state index contributed by atoms with van der Waals surface area (Å²) in [6.07, 6.45) is 0.697. The number of ether oxygens (including phenoxy) is 1. The van der Waals surface area contributed by atoms with Crippen LogP contribution in [0, 0.1) is 12.8 Å². The van der Waals surface area contributed by atoms with E-state index < -0.39 is 13.9 Å². The highest BCUT2D eigenvalue weighted by Crippen LogP contribution is 2.45. The molecule has 186 valence electrons. The van der Waals surface area contributed by atoms with Crippen molar-refractivity contribution in [2.45, 2.75) is 111 Å². The van der Waals surface area contributed by atoms with Crippen LogP contribution in [-0.4, -0.2) is 55.1 Å². The van der Waals surface area contributed by atoms with Crippen LogP contribution in [0.5, 0.6) is 0 Å². The van der Waals surface area contributed by atoms with Gasteiger partial charge in [-0.05, 0) is 82.3 Å². The molecule has 1 aromatic heterocycles. The first-order chi connectivity index (χ1) is 15.0. The molecule has 0 unspecified atom stereocenters. The van der Waals surface area contributed by atoms with Gasteiger partial charge in [0.15, 0.2) is 8.32 Å². The van der Waals surface area contributed by atoms with E-state index in [0.29, 0.717) is 25.6 Å². The Bertz CT molecular complexity index is 892. The van der Waals surface area contributed by atoms with Crippen LogP contribution in [0.4, 0.5) is 10.6 Å². The number of aromatic nitrogens is 1. The third-order valence-corrected chi connectivity index (χ3v) is 12.6. The van der Waals surface area contributed by atoms with Gasteiger partial charge in [-0.1, -0.05) is 27.7 Å². The van der Waals surface area contributed by atoms with Gasteiger partial charge in [-0.25, -0.2) is 9.78 Å². The van der Waals surface area contributed by atoms with E-state index in [0.717, 1.165) is 17.9 Å². The number of amides is 1. The molecule has 2 atom stereocenters. The zero-order valence-corrected chi connectivity index (χ0v) is 23.7. The number of nitrogens with zero attached hydrogens (tertiary/aromatic N) is 3. The van der Waals surface area contributed by atoms with Crippen molar-refractivity contribution < 1.29 is 14.0 Å². The maximum absolute atomic E-state index is 12.7. The van der Waals surface area contributed by atoms with Crippen LogP contribution in [0.2, 0.25) is 18.1 Å². The summed E-state index contributed by atoms with van der Waals surface area (Å²) in [5.41, 5.74) is 3.10. The summed E-state index contributed by atoms with van der Waals surface area (Å²) in [7, 11) is -1.92. The summed E-state index contributed by atoms with van der Waals surface area (Å²) >= 11 is 0. The number of carbonyl (C=O) groups excluding carboxylic acids is 1. The normalized spacial score (nSPS) is 21.3. The van der Waals surface area contributed by atoms with Gasteiger partial charge in [0, 0.05) is 19.1 Å². The third kappa shape index (κ3) is 5.24. The molecule has 0 aliphatic carbocycles. The third-order valence-electron chi connectivity index (χ3n) is 8.07. The minimum Gasteiger partial charge on any atom is -0.444 e. The number of hydrogen-bond acceptors (Lipinski definition) is 5. The standard InChI is InChI=1S/C26H45N3O3Si/c1-17(2)26(8,9)33(10,11)31-16-20-12-18(3)22-13-21-15-28(24(30)32-25(5,6)7)14-19(4)29(21)23(22)27-20/h12,17,19,21H,13-16H2,1-11H3/t19-,21-/m1/s1. The Kier molecular flexibility index (Phi) is 7.00. The van der Waals surface area contributed by atoms with Crippen LogP contribution in [-0.2, 0) is 22.2 Å². The van der Waals surface area contributed by atoms with Crippen molar-refractivity contribution in [1.29, 1.82) is 0 Å². The Morgan fingerprint density at radius 3 is 2.42 bits per heavy atom. The molecule has 0 aromatic carbocycles. The fourth-order valence-corrected chi connectivity index (χ4v) is 7.14. The second kappa shape index (κ2) is 8.88. The van der Waals surface area contributed by atoms with E-state index in [-0.39, 0.29) is 23.2 Å². The van der Waals surface area contributed by atoms with E-state index in [2.05, 4.69) is 65.6 Å². The molecule has 33 heavy (non-hydrogen) atoms. The number of rotatable bonds is 5. The minimum atomic E-state index is -1.92. The first-order valence-electron chi connectivity index (χ1n) is 12.4. The molecule has 0 spiro atoms. The van der Waals surface area contributed by atoms with E-state index in [1.807, 2.05) is 25.7 Å². The molecular formula is C26H45N3O3Si. The monoisotopic (exact) mass is 475 g/mol. The smallest absolute Gasteiger partial charge is 0.410 e. The predicted octanol–water partition coefficient (Wildman–Crippen LogP) is 5.92. The number of pyridine rings is 1. The van der Waals surface area contributed by atoms with E-state index in [4.69, 9.17) is 14.1 Å². The molecule has 7 heteroatoms. The van der Waals surface area contributed by atoms with Crippen molar-refractivity contribution in [3.05, 3.63) is 22.9 Å². The van der Waals surface area contributed by atoms with Crippen molar-refractivity contribution in [3.8, 4) is 0 Å². The van der Waals surface area contributed by atoms with E-state index in [1.165, 1.54) is 11.1 Å². The molecule has 0 saturated carbocycles. The summed E-state index contributed by atoms with van der Waals surface area (Å²) in [5.74, 6) is 1.65. The molecule has 0 N–H and O–H groups in total. The lowest BCUT2D eigenvalue weighted by Crippen LogP contribution is -2.58. The summed E-state index contributed by atoms with van der Waals surface area (Å²) in [4.78, 5) is 22.1. The van der Waals surface area contributed by atoms with Crippen LogP contribution in [0.25, 0.3) is 0 Å². The number of aryl methyl sites for hydroxylation is 1. The second-order valence-electron chi connectivity index (χ2n) is 12.4. The van der Waals surface area contributed by atoms with Crippen molar-refractivity contribution in [2.75, 3.05) is 18.0 Å². The zero-order chi connectivity index (χ0) is 24.9. The number of piperazine rings is 1. The highest BCUT2D eigenvalue weighted by molar-refractivity contribution is 6.74. The largest absolute Gasteiger partial charge is 0.444 e. The molecule has 2 aliphatic heterocycles. The Labute approximate surface area is 202 Å². The number of carbonyl (C=O) groups is 1. The lowest BCUT2D eigenvalue weighted by molar-refractivity contribution is 0.0191. The molecule has 3 heterocycles. The topological polar surface area (TPSA) is 54.9 Å². The van der Waals surface area contributed by atoms with Gasteiger partial charge < -0.3 is 19.0 Å². The van der Waals surface area contributed by atoms with Gasteiger partial charge in [0.25, 0.3) is 0 Å². The maximum atomic E-state index is 12.7. The lowest BCUT2D eigenvalue weighted by atomic mass is 9.99. The van der Waals surface area contributed by atoms with Gasteiger partial charge in [-0.3, -0.25) is 0 Å². The molecule has 6 nitrogen and oxygen atoms in total. The molecule has 0 bridgehead atoms.